The molecule has 2 fully saturated rings. The number of halogens is 1. The Morgan fingerprint density at radius 2 is 1.82 bits per heavy atom. The van der Waals surface area contributed by atoms with Crippen molar-refractivity contribution in [3.05, 3.63) is 0 Å². The molecule has 0 aromatic carbocycles. The van der Waals surface area contributed by atoms with Crippen LogP contribution in [0.5, 0.6) is 0 Å². The summed E-state index contributed by atoms with van der Waals surface area (Å²) in [5.74, 6) is 1.67. The van der Waals surface area contributed by atoms with E-state index in [1.807, 2.05) is 0 Å². The monoisotopic (exact) mass is 422 g/mol. The summed E-state index contributed by atoms with van der Waals surface area (Å²) in [6.45, 7) is 10.1. The van der Waals surface area contributed by atoms with E-state index < -0.39 is 0 Å². The van der Waals surface area contributed by atoms with Gasteiger partial charge in [-0.1, -0.05) is 26.2 Å². The first-order valence-electron chi connectivity index (χ1n) is 9.05. The van der Waals surface area contributed by atoms with Crippen LogP contribution in [0.15, 0.2) is 4.99 Å². The molecular weight excluding hydrogens is 387 g/mol. The van der Waals surface area contributed by atoms with Crippen molar-refractivity contribution < 1.29 is 0 Å². The van der Waals surface area contributed by atoms with E-state index in [-0.39, 0.29) is 24.0 Å². The highest BCUT2D eigenvalue weighted by Crippen LogP contribution is 2.17. The summed E-state index contributed by atoms with van der Waals surface area (Å²) in [5, 5.41) is 7.04. The number of rotatable bonds is 6. The first-order valence-corrected chi connectivity index (χ1v) is 9.05. The van der Waals surface area contributed by atoms with E-state index in [4.69, 9.17) is 4.99 Å². The Bertz CT molecular complexity index is 310. The van der Waals surface area contributed by atoms with Crippen molar-refractivity contribution >= 4 is 29.9 Å². The summed E-state index contributed by atoms with van der Waals surface area (Å²) in [6.07, 6.45) is 9.48. The highest BCUT2D eigenvalue weighted by Gasteiger charge is 2.16. The molecule has 130 valence electrons. The minimum atomic E-state index is 0. The lowest BCUT2D eigenvalue weighted by atomic mass is 9.96. The largest absolute Gasteiger partial charge is 0.357 e. The van der Waals surface area contributed by atoms with Crippen molar-refractivity contribution in [1.82, 2.24) is 15.5 Å². The van der Waals surface area contributed by atoms with E-state index in [9.17, 15) is 0 Å². The first-order chi connectivity index (χ1) is 10.3. The number of nitrogens with zero attached hydrogens (tertiary/aromatic N) is 2. The molecule has 2 N–H and O–H groups in total. The summed E-state index contributed by atoms with van der Waals surface area (Å²) in [6, 6.07) is 0.630. The van der Waals surface area contributed by atoms with Crippen LogP contribution in [0.4, 0.5) is 0 Å². The Labute approximate surface area is 153 Å². The highest BCUT2D eigenvalue weighted by atomic mass is 127. The van der Waals surface area contributed by atoms with E-state index in [2.05, 4.69) is 29.4 Å². The van der Waals surface area contributed by atoms with Crippen LogP contribution in [0.1, 0.15) is 58.8 Å². The van der Waals surface area contributed by atoms with Crippen LogP contribution in [0.25, 0.3) is 0 Å². The van der Waals surface area contributed by atoms with Crippen molar-refractivity contribution in [2.45, 2.75) is 64.8 Å². The third kappa shape index (κ3) is 7.49. The molecule has 0 amide bonds. The molecule has 1 heterocycles. The van der Waals surface area contributed by atoms with E-state index in [0.717, 1.165) is 19.0 Å². The number of hydrogen-bond donors (Lipinski definition) is 2. The molecule has 1 saturated carbocycles. The van der Waals surface area contributed by atoms with Crippen LogP contribution >= 0.6 is 24.0 Å². The van der Waals surface area contributed by atoms with Crippen LogP contribution in [0, 0.1) is 5.92 Å². The number of nitrogens with one attached hydrogen (secondary N) is 2. The molecule has 0 spiro atoms. The molecule has 22 heavy (non-hydrogen) atoms. The Morgan fingerprint density at radius 3 is 2.45 bits per heavy atom. The second-order valence-corrected chi connectivity index (χ2v) is 6.81. The SMILES string of the molecule is CCNC(=NCC(C)CN1CCCC1)NC1CCCCC1.I. The predicted molar refractivity (Wildman–Crippen MR) is 106 cm³/mol. The van der Waals surface area contributed by atoms with Gasteiger partial charge in [-0.05, 0) is 51.6 Å². The van der Waals surface area contributed by atoms with Gasteiger partial charge in [-0.15, -0.1) is 24.0 Å². The van der Waals surface area contributed by atoms with Crippen molar-refractivity contribution in [3.8, 4) is 0 Å². The van der Waals surface area contributed by atoms with E-state index in [1.54, 1.807) is 0 Å². The molecule has 1 aliphatic heterocycles. The fraction of sp³-hybridized carbons (Fsp3) is 0.941. The van der Waals surface area contributed by atoms with Gasteiger partial charge in [0, 0.05) is 25.7 Å². The molecular formula is C17H35IN4. The van der Waals surface area contributed by atoms with Crippen molar-refractivity contribution in [1.29, 1.82) is 0 Å². The molecule has 1 aliphatic carbocycles. The third-order valence-corrected chi connectivity index (χ3v) is 4.62. The zero-order valence-electron chi connectivity index (χ0n) is 14.4. The van der Waals surface area contributed by atoms with E-state index in [1.165, 1.54) is 64.6 Å². The minimum Gasteiger partial charge on any atom is -0.357 e. The van der Waals surface area contributed by atoms with Crippen LogP contribution < -0.4 is 10.6 Å². The molecule has 0 aromatic rings. The molecule has 0 bridgehead atoms. The quantitative estimate of drug-likeness (QED) is 0.392. The number of guanidine groups is 1. The van der Waals surface area contributed by atoms with Gasteiger partial charge in [-0.25, -0.2) is 0 Å². The Morgan fingerprint density at radius 1 is 1.14 bits per heavy atom. The van der Waals surface area contributed by atoms with Gasteiger partial charge in [-0.2, -0.15) is 0 Å². The van der Waals surface area contributed by atoms with Gasteiger partial charge in [-0.3, -0.25) is 4.99 Å². The van der Waals surface area contributed by atoms with Gasteiger partial charge >= 0.3 is 0 Å². The summed E-state index contributed by atoms with van der Waals surface area (Å²) >= 11 is 0. The van der Waals surface area contributed by atoms with Crippen LogP contribution in [0.3, 0.4) is 0 Å². The number of aliphatic imine (C=N–C) groups is 1. The van der Waals surface area contributed by atoms with Gasteiger partial charge in [0.25, 0.3) is 0 Å². The average Bonchev–Trinajstić information content (AvgIpc) is 2.99. The molecule has 2 rings (SSSR count). The fourth-order valence-electron chi connectivity index (χ4n) is 3.47. The van der Waals surface area contributed by atoms with Gasteiger partial charge in [0.2, 0.25) is 0 Å². The van der Waals surface area contributed by atoms with Gasteiger partial charge in [0.1, 0.15) is 0 Å². The fourth-order valence-corrected chi connectivity index (χ4v) is 3.47. The van der Waals surface area contributed by atoms with Crippen molar-refractivity contribution in [2.75, 3.05) is 32.7 Å². The Balaban J connectivity index is 0.00000242. The average molecular weight is 422 g/mol. The molecule has 2 aliphatic rings. The molecule has 1 unspecified atom stereocenters. The maximum Gasteiger partial charge on any atom is 0.191 e. The normalized spacial score (nSPS) is 22.2. The summed E-state index contributed by atoms with van der Waals surface area (Å²) in [4.78, 5) is 7.40. The molecule has 5 heteroatoms. The van der Waals surface area contributed by atoms with Crippen LogP contribution in [0.2, 0.25) is 0 Å². The van der Waals surface area contributed by atoms with Crippen molar-refractivity contribution in [3.63, 3.8) is 0 Å². The van der Waals surface area contributed by atoms with Gasteiger partial charge in [0.05, 0.1) is 0 Å². The van der Waals surface area contributed by atoms with Crippen LogP contribution in [-0.4, -0.2) is 49.6 Å². The number of hydrogen-bond acceptors (Lipinski definition) is 2. The zero-order chi connectivity index (χ0) is 14.9. The lowest BCUT2D eigenvalue weighted by Crippen LogP contribution is -2.44. The molecule has 0 aromatic heterocycles. The minimum absolute atomic E-state index is 0. The second kappa shape index (κ2) is 11.5. The molecule has 1 atom stereocenters. The Hall–Kier alpha value is -0.0400. The van der Waals surface area contributed by atoms with E-state index >= 15 is 0 Å². The summed E-state index contributed by atoms with van der Waals surface area (Å²) in [7, 11) is 0. The lowest BCUT2D eigenvalue weighted by molar-refractivity contribution is 0.291. The highest BCUT2D eigenvalue weighted by molar-refractivity contribution is 14.0. The maximum absolute atomic E-state index is 4.82. The summed E-state index contributed by atoms with van der Waals surface area (Å²) < 4.78 is 0. The molecule has 1 saturated heterocycles. The van der Waals surface area contributed by atoms with Crippen LogP contribution in [-0.2, 0) is 0 Å². The zero-order valence-corrected chi connectivity index (χ0v) is 16.8. The topological polar surface area (TPSA) is 39.7 Å². The number of likely N-dealkylation sites (tertiary alicyclic amines) is 1. The Kier molecular flexibility index (Phi) is 10.4. The second-order valence-electron chi connectivity index (χ2n) is 6.81. The third-order valence-electron chi connectivity index (χ3n) is 4.62. The lowest BCUT2D eigenvalue weighted by Gasteiger charge is -2.25. The molecule has 4 nitrogen and oxygen atoms in total. The van der Waals surface area contributed by atoms with Crippen molar-refractivity contribution in [2.24, 2.45) is 10.9 Å². The van der Waals surface area contributed by atoms with Gasteiger partial charge < -0.3 is 15.5 Å². The standard InChI is InChI=1S/C17H34N4.HI/c1-3-18-17(20-16-9-5-4-6-10-16)19-13-15(2)14-21-11-7-8-12-21;/h15-16H,3-14H2,1-2H3,(H2,18,19,20);1H. The maximum atomic E-state index is 4.82. The molecule has 0 radical (unpaired) electrons. The summed E-state index contributed by atoms with van der Waals surface area (Å²) in [5.41, 5.74) is 0. The van der Waals surface area contributed by atoms with Gasteiger partial charge in [0.15, 0.2) is 5.96 Å². The first kappa shape index (κ1) is 20.0. The predicted octanol–water partition coefficient (Wildman–Crippen LogP) is 3.22. The van der Waals surface area contributed by atoms with E-state index in [0.29, 0.717) is 12.0 Å². The smallest absolute Gasteiger partial charge is 0.191 e.